The molecule has 0 aromatic heterocycles. The fourth-order valence-electron chi connectivity index (χ4n) is 2.74. The molecule has 2 aliphatic rings. The highest BCUT2D eigenvalue weighted by Gasteiger charge is 2.15. The lowest BCUT2D eigenvalue weighted by Crippen LogP contribution is -2.07. The molecule has 0 N–H and O–H groups in total. The molecule has 2 aliphatic carbocycles. The zero-order valence-corrected chi connectivity index (χ0v) is 11.8. The Morgan fingerprint density at radius 3 is 2.39 bits per heavy atom. The molecule has 0 aromatic carbocycles. The molecule has 96 valence electrons. The Kier molecular flexibility index (Phi) is 4.41. The molecule has 0 spiro atoms. The van der Waals surface area contributed by atoms with Crippen LogP contribution in [-0.4, -0.2) is 0 Å². The first-order valence-corrected chi connectivity index (χ1v) is 7.19. The number of hydrogen-bond acceptors (Lipinski definition) is 0. The molecule has 0 heteroatoms. The van der Waals surface area contributed by atoms with Crippen LogP contribution in [0.25, 0.3) is 0 Å². The van der Waals surface area contributed by atoms with Gasteiger partial charge in [0.2, 0.25) is 0 Å². The fourth-order valence-corrected chi connectivity index (χ4v) is 2.74. The van der Waals surface area contributed by atoms with Crippen LogP contribution < -0.4 is 0 Å². The predicted octanol–water partition coefficient (Wildman–Crippen LogP) is 5.37. The maximum atomic E-state index is 2.39. The van der Waals surface area contributed by atoms with Crippen molar-refractivity contribution >= 4 is 0 Å². The number of allylic oxidation sites excluding steroid dienone is 10. The van der Waals surface area contributed by atoms with Gasteiger partial charge in [-0.05, 0) is 36.3 Å². The van der Waals surface area contributed by atoms with Crippen LogP contribution in [0, 0.1) is 11.8 Å². The molecule has 18 heavy (non-hydrogen) atoms. The summed E-state index contributed by atoms with van der Waals surface area (Å²) in [6.07, 6.45) is 19.8. The lowest BCUT2D eigenvalue weighted by Gasteiger charge is -2.18. The Hall–Kier alpha value is -1.30. The summed E-state index contributed by atoms with van der Waals surface area (Å²) < 4.78 is 0. The summed E-state index contributed by atoms with van der Waals surface area (Å²) in [7, 11) is 0. The van der Waals surface area contributed by atoms with Crippen LogP contribution in [0.5, 0.6) is 0 Å². The van der Waals surface area contributed by atoms with Gasteiger partial charge in [-0.1, -0.05) is 74.8 Å². The highest BCUT2D eigenvalue weighted by molar-refractivity contribution is 5.52. The first kappa shape index (κ1) is 13.1. The summed E-state index contributed by atoms with van der Waals surface area (Å²) in [6.45, 7) is 6.78. The van der Waals surface area contributed by atoms with Crippen molar-refractivity contribution in [2.75, 3.05) is 0 Å². The highest BCUT2D eigenvalue weighted by Crippen LogP contribution is 2.29. The SMILES string of the molecule is CCC(CC)C1C=CC2=CC=C(C)CC=C2C=C1. The topological polar surface area (TPSA) is 0 Å². The zero-order chi connectivity index (χ0) is 13.0. The average Bonchev–Trinajstić information content (AvgIpc) is 2.67. The van der Waals surface area contributed by atoms with Crippen molar-refractivity contribution in [2.45, 2.75) is 40.0 Å². The molecule has 0 aromatic rings. The molecule has 0 heterocycles. The maximum Gasteiger partial charge on any atom is -0.00187 e. The molecular formula is C18H24. The van der Waals surface area contributed by atoms with E-state index in [4.69, 9.17) is 0 Å². The number of hydrogen-bond donors (Lipinski definition) is 0. The van der Waals surface area contributed by atoms with E-state index in [-0.39, 0.29) is 0 Å². The van der Waals surface area contributed by atoms with Gasteiger partial charge in [-0.25, -0.2) is 0 Å². The van der Waals surface area contributed by atoms with Gasteiger partial charge in [0.05, 0.1) is 0 Å². The molecule has 0 nitrogen and oxygen atoms in total. The van der Waals surface area contributed by atoms with Crippen molar-refractivity contribution in [3.05, 3.63) is 59.3 Å². The molecular weight excluding hydrogens is 216 g/mol. The summed E-state index contributed by atoms with van der Waals surface area (Å²) in [5.74, 6) is 1.37. The van der Waals surface area contributed by atoms with E-state index in [0.29, 0.717) is 5.92 Å². The third-order valence-electron chi connectivity index (χ3n) is 4.11. The van der Waals surface area contributed by atoms with Crippen molar-refractivity contribution in [1.29, 1.82) is 0 Å². The minimum Gasteiger partial charge on any atom is -0.0767 e. The summed E-state index contributed by atoms with van der Waals surface area (Å²) in [5.41, 5.74) is 4.17. The van der Waals surface area contributed by atoms with Gasteiger partial charge in [0.15, 0.2) is 0 Å². The van der Waals surface area contributed by atoms with Crippen LogP contribution in [0.1, 0.15) is 40.0 Å². The maximum absolute atomic E-state index is 2.39. The van der Waals surface area contributed by atoms with Gasteiger partial charge < -0.3 is 0 Å². The predicted molar refractivity (Wildman–Crippen MR) is 80.4 cm³/mol. The van der Waals surface area contributed by atoms with Gasteiger partial charge >= 0.3 is 0 Å². The molecule has 2 rings (SSSR count). The fraction of sp³-hybridized carbons (Fsp3) is 0.444. The van der Waals surface area contributed by atoms with Crippen LogP contribution in [0.4, 0.5) is 0 Å². The first-order chi connectivity index (χ1) is 8.74. The molecule has 0 fully saturated rings. The van der Waals surface area contributed by atoms with E-state index in [0.717, 1.165) is 12.3 Å². The van der Waals surface area contributed by atoms with Crippen LogP contribution >= 0.6 is 0 Å². The Morgan fingerprint density at radius 2 is 1.72 bits per heavy atom. The van der Waals surface area contributed by atoms with Gasteiger partial charge in [0.1, 0.15) is 0 Å². The van der Waals surface area contributed by atoms with E-state index in [1.54, 1.807) is 0 Å². The van der Waals surface area contributed by atoms with Crippen molar-refractivity contribution in [3.8, 4) is 0 Å². The van der Waals surface area contributed by atoms with E-state index < -0.39 is 0 Å². The van der Waals surface area contributed by atoms with E-state index in [2.05, 4.69) is 63.3 Å². The van der Waals surface area contributed by atoms with Crippen LogP contribution in [0.15, 0.2) is 59.3 Å². The third kappa shape index (κ3) is 2.93. The minimum absolute atomic E-state index is 0.596. The third-order valence-corrected chi connectivity index (χ3v) is 4.11. The second-order valence-corrected chi connectivity index (χ2v) is 5.37. The molecule has 0 saturated heterocycles. The number of rotatable bonds is 3. The molecule has 0 saturated carbocycles. The molecule has 0 aliphatic heterocycles. The summed E-state index contributed by atoms with van der Waals surface area (Å²) >= 11 is 0. The molecule has 0 radical (unpaired) electrons. The molecule has 1 atom stereocenters. The minimum atomic E-state index is 0.596. The van der Waals surface area contributed by atoms with Crippen molar-refractivity contribution in [1.82, 2.24) is 0 Å². The van der Waals surface area contributed by atoms with Gasteiger partial charge in [0, 0.05) is 0 Å². The zero-order valence-electron chi connectivity index (χ0n) is 11.8. The standard InChI is InChI=1S/C18H24/c1-4-15(5-2)16-10-12-17-8-6-14(3)7-9-18(17)13-11-16/h6,8-13,15-16H,4-5,7H2,1-3H3. The van der Waals surface area contributed by atoms with Gasteiger partial charge in [0.25, 0.3) is 0 Å². The first-order valence-electron chi connectivity index (χ1n) is 7.19. The smallest absolute Gasteiger partial charge is 0.00187 e. The van der Waals surface area contributed by atoms with Crippen molar-refractivity contribution in [2.24, 2.45) is 11.8 Å². The van der Waals surface area contributed by atoms with Crippen LogP contribution in [0.2, 0.25) is 0 Å². The lowest BCUT2D eigenvalue weighted by molar-refractivity contribution is 0.426. The van der Waals surface area contributed by atoms with E-state index in [1.165, 1.54) is 29.6 Å². The lowest BCUT2D eigenvalue weighted by atomic mass is 9.87. The Morgan fingerprint density at radius 1 is 1.06 bits per heavy atom. The van der Waals surface area contributed by atoms with Crippen molar-refractivity contribution in [3.63, 3.8) is 0 Å². The van der Waals surface area contributed by atoms with Gasteiger partial charge in [-0.15, -0.1) is 0 Å². The Labute approximate surface area is 111 Å². The van der Waals surface area contributed by atoms with Crippen molar-refractivity contribution < 1.29 is 0 Å². The molecule has 0 bridgehead atoms. The number of fused-ring (bicyclic) bond motifs is 1. The van der Waals surface area contributed by atoms with E-state index in [9.17, 15) is 0 Å². The normalized spacial score (nSPS) is 22.9. The highest BCUT2D eigenvalue weighted by atomic mass is 14.2. The monoisotopic (exact) mass is 240 g/mol. The quantitative estimate of drug-likeness (QED) is 0.622. The Balaban J connectivity index is 2.27. The molecule has 1 unspecified atom stereocenters. The summed E-state index contributed by atoms with van der Waals surface area (Å²) in [4.78, 5) is 0. The van der Waals surface area contributed by atoms with Crippen LogP contribution in [-0.2, 0) is 0 Å². The van der Waals surface area contributed by atoms with Crippen LogP contribution in [0.3, 0.4) is 0 Å². The summed E-state index contributed by atoms with van der Waals surface area (Å²) in [5, 5.41) is 0. The second-order valence-electron chi connectivity index (χ2n) is 5.37. The largest absolute Gasteiger partial charge is 0.0767 e. The second kappa shape index (κ2) is 6.04. The summed E-state index contributed by atoms with van der Waals surface area (Å²) in [6, 6.07) is 0. The average molecular weight is 240 g/mol. The van der Waals surface area contributed by atoms with Gasteiger partial charge in [-0.2, -0.15) is 0 Å². The Bertz CT molecular complexity index is 437. The molecule has 0 amide bonds. The van der Waals surface area contributed by atoms with E-state index in [1.807, 2.05) is 0 Å². The van der Waals surface area contributed by atoms with E-state index >= 15 is 0 Å². The van der Waals surface area contributed by atoms with Gasteiger partial charge in [-0.3, -0.25) is 0 Å².